The van der Waals surface area contributed by atoms with Crippen molar-refractivity contribution in [3.8, 4) is 0 Å². The summed E-state index contributed by atoms with van der Waals surface area (Å²) in [6.07, 6.45) is 8.47. The summed E-state index contributed by atoms with van der Waals surface area (Å²) in [6.45, 7) is 6.81. The van der Waals surface area contributed by atoms with Crippen LogP contribution in [0.3, 0.4) is 0 Å². The largest absolute Gasteiger partial charge is 0.444 e. The van der Waals surface area contributed by atoms with E-state index in [4.69, 9.17) is 4.74 Å². The first-order valence-corrected chi connectivity index (χ1v) is 8.18. The number of alkyl carbamates (subject to hydrolysis) is 1. The van der Waals surface area contributed by atoms with E-state index in [1.165, 1.54) is 38.5 Å². The first kappa shape index (κ1) is 15.6. The van der Waals surface area contributed by atoms with Crippen molar-refractivity contribution in [2.45, 2.75) is 83.4 Å². The maximum atomic E-state index is 12.1. The number of carbonyl (C=O) groups excluding carboxylic acids is 1. The number of hydrogen-bond donors (Lipinski definition) is 2. The van der Waals surface area contributed by atoms with Crippen LogP contribution in [-0.2, 0) is 4.74 Å². The van der Waals surface area contributed by atoms with Crippen molar-refractivity contribution in [2.75, 3.05) is 6.54 Å². The highest BCUT2D eigenvalue weighted by atomic mass is 16.6. The minimum Gasteiger partial charge on any atom is -0.444 e. The van der Waals surface area contributed by atoms with Gasteiger partial charge in [-0.3, -0.25) is 0 Å². The molecular weight excluding hydrogens is 252 g/mol. The summed E-state index contributed by atoms with van der Waals surface area (Å²) in [5, 5.41) is 6.76. The van der Waals surface area contributed by atoms with E-state index >= 15 is 0 Å². The summed E-state index contributed by atoms with van der Waals surface area (Å²) >= 11 is 0. The van der Waals surface area contributed by atoms with Crippen LogP contribution in [0.5, 0.6) is 0 Å². The van der Waals surface area contributed by atoms with Crippen LogP contribution < -0.4 is 10.6 Å². The zero-order chi connectivity index (χ0) is 14.6. The van der Waals surface area contributed by atoms with Crippen LogP contribution >= 0.6 is 0 Å². The molecule has 2 atom stereocenters. The molecule has 1 aliphatic heterocycles. The Morgan fingerprint density at radius 2 is 1.80 bits per heavy atom. The smallest absolute Gasteiger partial charge is 0.407 e. The Labute approximate surface area is 123 Å². The Bertz CT molecular complexity index is 313. The molecule has 0 aromatic carbocycles. The number of hydrogen-bond acceptors (Lipinski definition) is 3. The molecule has 4 heteroatoms. The zero-order valence-electron chi connectivity index (χ0n) is 13.2. The van der Waals surface area contributed by atoms with Gasteiger partial charge in [0, 0.05) is 6.04 Å². The van der Waals surface area contributed by atoms with Crippen LogP contribution in [0, 0.1) is 5.92 Å². The molecule has 0 bridgehead atoms. The molecule has 2 aliphatic rings. The quantitative estimate of drug-likeness (QED) is 0.835. The average molecular weight is 282 g/mol. The molecule has 20 heavy (non-hydrogen) atoms. The van der Waals surface area contributed by atoms with E-state index in [2.05, 4.69) is 10.6 Å². The number of amides is 1. The van der Waals surface area contributed by atoms with Gasteiger partial charge in [-0.05, 0) is 58.9 Å². The van der Waals surface area contributed by atoms with Crippen LogP contribution in [0.4, 0.5) is 4.79 Å². The van der Waals surface area contributed by atoms with Gasteiger partial charge >= 0.3 is 6.09 Å². The van der Waals surface area contributed by atoms with Crippen molar-refractivity contribution in [2.24, 2.45) is 5.92 Å². The molecule has 1 saturated carbocycles. The Morgan fingerprint density at radius 1 is 1.15 bits per heavy atom. The van der Waals surface area contributed by atoms with Crippen molar-refractivity contribution < 1.29 is 9.53 Å². The molecule has 2 N–H and O–H groups in total. The third kappa shape index (κ3) is 4.65. The van der Waals surface area contributed by atoms with E-state index in [9.17, 15) is 4.79 Å². The molecule has 2 rings (SSSR count). The fourth-order valence-corrected chi connectivity index (χ4v) is 3.49. The lowest BCUT2D eigenvalue weighted by Gasteiger charge is -2.36. The van der Waals surface area contributed by atoms with E-state index in [0.29, 0.717) is 12.0 Å². The van der Waals surface area contributed by atoms with Crippen LogP contribution in [-0.4, -0.2) is 30.3 Å². The molecule has 0 spiro atoms. The van der Waals surface area contributed by atoms with Gasteiger partial charge < -0.3 is 15.4 Å². The van der Waals surface area contributed by atoms with Gasteiger partial charge in [-0.1, -0.05) is 19.3 Å². The van der Waals surface area contributed by atoms with Crippen LogP contribution in [0.2, 0.25) is 0 Å². The molecule has 0 aromatic rings. The van der Waals surface area contributed by atoms with E-state index in [1.54, 1.807) is 0 Å². The van der Waals surface area contributed by atoms with Crippen molar-refractivity contribution in [1.82, 2.24) is 10.6 Å². The SMILES string of the molecule is CC(C)(C)OC(=O)NC(C1CCCC1)C1CCCCN1. The summed E-state index contributed by atoms with van der Waals surface area (Å²) in [6, 6.07) is 0.645. The molecular formula is C16H30N2O2. The highest BCUT2D eigenvalue weighted by molar-refractivity contribution is 5.68. The third-order valence-corrected chi connectivity index (χ3v) is 4.37. The summed E-state index contributed by atoms with van der Waals surface area (Å²) < 4.78 is 5.44. The lowest BCUT2D eigenvalue weighted by Crippen LogP contribution is -2.55. The van der Waals surface area contributed by atoms with E-state index in [-0.39, 0.29) is 12.1 Å². The first-order chi connectivity index (χ1) is 9.46. The van der Waals surface area contributed by atoms with Gasteiger partial charge in [0.05, 0.1) is 6.04 Å². The van der Waals surface area contributed by atoms with E-state index in [1.807, 2.05) is 20.8 Å². The monoisotopic (exact) mass is 282 g/mol. The Kier molecular flexibility index (Phi) is 5.30. The summed E-state index contributed by atoms with van der Waals surface area (Å²) in [7, 11) is 0. The molecule has 116 valence electrons. The number of carbonyl (C=O) groups is 1. The van der Waals surface area contributed by atoms with E-state index in [0.717, 1.165) is 13.0 Å². The summed E-state index contributed by atoms with van der Waals surface area (Å²) in [5.74, 6) is 0.609. The van der Waals surface area contributed by atoms with Gasteiger partial charge in [0.2, 0.25) is 0 Å². The number of rotatable bonds is 3. The number of nitrogens with one attached hydrogen (secondary N) is 2. The summed E-state index contributed by atoms with van der Waals surface area (Å²) in [4.78, 5) is 12.1. The second-order valence-electron chi connectivity index (χ2n) is 7.27. The normalized spacial score (nSPS) is 26.2. The third-order valence-electron chi connectivity index (χ3n) is 4.37. The number of piperidine rings is 1. The van der Waals surface area contributed by atoms with Crippen molar-refractivity contribution in [1.29, 1.82) is 0 Å². The average Bonchev–Trinajstić information content (AvgIpc) is 2.88. The van der Waals surface area contributed by atoms with Gasteiger partial charge in [0.25, 0.3) is 0 Å². The van der Waals surface area contributed by atoms with Gasteiger partial charge in [-0.15, -0.1) is 0 Å². The summed E-state index contributed by atoms with van der Waals surface area (Å²) in [5.41, 5.74) is -0.426. The fraction of sp³-hybridized carbons (Fsp3) is 0.938. The molecule has 1 amide bonds. The highest BCUT2D eigenvalue weighted by Gasteiger charge is 2.34. The maximum absolute atomic E-state index is 12.1. The minimum absolute atomic E-state index is 0.229. The van der Waals surface area contributed by atoms with Gasteiger partial charge in [0.1, 0.15) is 5.60 Å². The Balaban J connectivity index is 1.96. The van der Waals surface area contributed by atoms with Crippen molar-refractivity contribution in [3.63, 3.8) is 0 Å². The maximum Gasteiger partial charge on any atom is 0.407 e. The fourth-order valence-electron chi connectivity index (χ4n) is 3.49. The molecule has 1 heterocycles. The van der Waals surface area contributed by atoms with Gasteiger partial charge in [-0.25, -0.2) is 4.79 Å². The lowest BCUT2D eigenvalue weighted by atomic mass is 9.87. The second-order valence-corrected chi connectivity index (χ2v) is 7.27. The molecule has 0 aromatic heterocycles. The molecule has 0 radical (unpaired) electrons. The molecule has 4 nitrogen and oxygen atoms in total. The van der Waals surface area contributed by atoms with Crippen molar-refractivity contribution >= 4 is 6.09 Å². The van der Waals surface area contributed by atoms with Crippen LogP contribution in [0.25, 0.3) is 0 Å². The second kappa shape index (κ2) is 6.79. The Morgan fingerprint density at radius 3 is 2.35 bits per heavy atom. The highest BCUT2D eigenvalue weighted by Crippen LogP contribution is 2.31. The molecule has 1 aliphatic carbocycles. The Hall–Kier alpha value is -0.770. The molecule has 2 fully saturated rings. The first-order valence-electron chi connectivity index (χ1n) is 8.18. The van der Waals surface area contributed by atoms with Crippen LogP contribution in [0.15, 0.2) is 0 Å². The number of ether oxygens (including phenoxy) is 1. The van der Waals surface area contributed by atoms with Crippen molar-refractivity contribution in [3.05, 3.63) is 0 Å². The topological polar surface area (TPSA) is 50.4 Å². The van der Waals surface area contributed by atoms with Gasteiger partial charge in [0.15, 0.2) is 0 Å². The molecule has 1 saturated heterocycles. The standard InChI is InChI=1S/C16H30N2O2/c1-16(2,3)20-15(19)18-14(12-8-4-5-9-12)13-10-6-7-11-17-13/h12-14,17H,4-11H2,1-3H3,(H,18,19). The lowest BCUT2D eigenvalue weighted by molar-refractivity contribution is 0.0463. The zero-order valence-corrected chi connectivity index (χ0v) is 13.2. The minimum atomic E-state index is -0.426. The van der Waals surface area contributed by atoms with Gasteiger partial charge in [-0.2, -0.15) is 0 Å². The predicted molar refractivity (Wildman–Crippen MR) is 80.8 cm³/mol. The van der Waals surface area contributed by atoms with Crippen LogP contribution in [0.1, 0.15) is 65.7 Å². The predicted octanol–water partition coefficient (Wildman–Crippen LogP) is 3.21. The van der Waals surface area contributed by atoms with E-state index < -0.39 is 5.60 Å². The molecule has 2 unspecified atom stereocenters.